The molecule has 0 radical (unpaired) electrons. The molecule has 2 nitrogen and oxygen atoms in total. The van der Waals surface area contributed by atoms with Gasteiger partial charge in [0, 0.05) is 15.8 Å². The number of benzene rings is 1. The summed E-state index contributed by atoms with van der Waals surface area (Å²) in [5, 5.41) is 3.60. The second-order valence-corrected chi connectivity index (χ2v) is 6.34. The lowest BCUT2D eigenvalue weighted by molar-refractivity contribution is 0.414. The van der Waals surface area contributed by atoms with Crippen molar-refractivity contribution < 1.29 is 4.74 Å². The van der Waals surface area contributed by atoms with Gasteiger partial charge in [0.2, 0.25) is 0 Å². The predicted octanol–water partition coefficient (Wildman–Crippen LogP) is 4.27. The van der Waals surface area contributed by atoms with Crippen molar-refractivity contribution in [3.63, 3.8) is 0 Å². The molecular weight excluding hydrogens is 266 g/mol. The summed E-state index contributed by atoms with van der Waals surface area (Å²) in [6.45, 7) is 7.51. The van der Waals surface area contributed by atoms with Crippen LogP contribution < -0.4 is 10.1 Å². The highest BCUT2D eigenvalue weighted by Gasteiger charge is 2.14. The van der Waals surface area contributed by atoms with Gasteiger partial charge < -0.3 is 10.1 Å². The van der Waals surface area contributed by atoms with Crippen LogP contribution >= 0.6 is 11.3 Å². The Hall–Kier alpha value is -1.32. The van der Waals surface area contributed by atoms with Gasteiger partial charge in [-0.1, -0.05) is 19.1 Å². The Morgan fingerprint density at radius 2 is 2.05 bits per heavy atom. The zero-order chi connectivity index (χ0) is 14.5. The zero-order valence-electron chi connectivity index (χ0n) is 12.7. The van der Waals surface area contributed by atoms with Gasteiger partial charge in [-0.2, -0.15) is 0 Å². The summed E-state index contributed by atoms with van der Waals surface area (Å²) in [7, 11) is 1.72. The summed E-state index contributed by atoms with van der Waals surface area (Å²) in [5.41, 5.74) is 2.69. The van der Waals surface area contributed by atoms with Crippen LogP contribution in [0, 0.1) is 13.8 Å². The second-order valence-electron chi connectivity index (χ2n) is 5.05. The molecule has 108 valence electrons. The van der Waals surface area contributed by atoms with E-state index in [0.717, 1.165) is 18.7 Å². The molecular formula is C17H23NOS. The molecule has 2 rings (SSSR count). The van der Waals surface area contributed by atoms with E-state index in [0.29, 0.717) is 6.04 Å². The number of hydrogen-bond donors (Lipinski definition) is 1. The van der Waals surface area contributed by atoms with Crippen molar-refractivity contribution in [3.8, 4) is 5.75 Å². The zero-order valence-corrected chi connectivity index (χ0v) is 13.5. The summed E-state index contributed by atoms with van der Waals surface area (Å²) in [4.78, 5) is 2.83. The first-order chi connectivity index (χ1) is 9.63. The molecule has 1 aromatic carbocycles. The third-order valence-corrected chi connectivity index (χ3v) is 4.82. The lowest BCUT2D eigenvalue weighted by atomic mass is 10.0. The normalized spacial score (nSPS) is 12.4. The highest BCUT2D eigenvalue weighted by molar-refractivity contribution is 7.12. The van der Waals surface area contributed by atoms with Crippen LogP contribution in [0.15, 0.2) is 30.3 Å². The van der Waals surface area contributed by atoms with Gasteiger partial charge in [0.25, 0.3) is 0 Å². The first kappa shape index (κ1) is 15.1. The SMILES string of the molecule is CCNC(Cc1cccc(OC)c1)c1cc(C)c(C)s1. The summed E-state index contributed by atoms with van der Waals surface area (Å²) in [5.74, 6) is 0.927. The molecule has 1 N–H and O–H groups in total. The molecule has 0 saturated carbocycles. The van der Waals surface area contributed by atoms with Gasteiger partial charge in [-0.3, -0.25) is 0 Å². The number of ether oxygens (including phenoxy) is 1. The molecule has 0 bridgehead atoms. The van der Waals surface area contributed by atoms with E-state index in [-0.39, 0.29) is 0 Å². The van der Waals surface area contributed by atoms with Gasteiger partial charge in [0.05, 0.1) is 7.11 Å². The molecule has 1 unspecified atom stereocenters. The smallest absolute Gasteiger partial charge is 0.119 e. The largest absolute Gasteiger partial charge is 0.497 e. The van der Waals surface area contributed by atoms with E-state index in [9.17, 15) is 0 Å². The Labute approximate surface area is 125 Å². The summed E-state index contributed by atoms with van der Waals surface area (Å²) in [6, 6.07) is 11.0. The Morgan fingerprint density at radius 1 is 1.25 bits per heavy atom. The highest BCUT2D eigenvalue weighted by Crippen LogP contribution is 2.29. The number of rotatable bonds is 6. The molecule has 1 atom stereocenters. The van der Waals surface area contributed by atoms with Crippen LogP contribution in [0.5, 0.6) is 5.75 Å². The minimum atomic E-state index is 0.379. The van der Waals surface area contributed by atoms with Gasteiger partial charge in [-0.15, -0.1) is 11.3 Å². The van der Waals surface area contributed by atoms with Crippen LogP contribution in [0.2, 0.25) is 0 Å². The number of nitrogens with one attached hydrogen (secondary N) is 1. The van der Waals surface area contributed by atoms with Crippen molar-refractivity contribution in [1.82, 2.24) is 5.32 Å². The van der Waals surface area contributed by atoms with Gasteiger partial charge >= 0.3 is 0 Å². The number of thiophene rings is 1. The van der Waals surface area contributed by atoms with E-state index >= 15 is 0 Å². The number of likely N-dealkylation sites (N-methyl/N-ethyl adjacent to an activating group) is 1. The van der Waals surface area contributed by atoms with Crippen LogP contribution in [0.1, 0.15) is 33.8 Å². The fourth-order valence-electron chi connectivity index (χ4n) is 2.33. The second kappa shape index (κ2) is 6.91. The molecule has 0 fully saturated rings. The molecule has 3 heteroatoms. The van der Waals surface area contributed by atoms with Crippen molar-refractivity contribution in [2.45, 2.75) is 33.2 Å². The van der Waals surface area contributed by atoms with E-state index in [1.165, 1.54) is 20.9 Å². The third kappa shape index (κ3) is 3.62. The van der Waals surface area contributed by atoms with Crippen LogP contribution in [0.3, 0.4) is 0 Å². The fourth-order valence-corrected chi connectivity index (χ4v) is 3.45. The quantitative estimate of drug-likeness (QED) is 0.857. The van der Waals surface area contributed by atoms with Crippen LogP contribution in [-0.2, 0) is 6.42 Å². The van der Waals surface area contributed by atoms with Gasteiger partial charge in [0.1, 0.15) is 5.75 Å². The number of aryl methyl sites for hydroxylation is 2. The Kier molecular flexibility index (Phi) is 5.21. The van der Waals surface area contributed by atoms with Crippen LogP contribution in [-0.4, -0.2) is 13.7 Å². The summed E-state index contributed by atoms with van der Waals surface area (Å²) < 4.78 is 5.31. The maximum atomic E-state index is 5.31. The van der Waals surface area contributed by atoms with Crippen molar-refractivity contribution in [3.05, 3.63) is 51.2 Å². The molecule has 1 heterocycles. The molecule has 0 saturated heterocycles. The highest BCUT2D eigenvalue weighted by atomic mass is 32.1. The molecule has 0 amide bonds. The molecule has 1 aromatic heterocycles. The van der Waals surface area contributed by atoms with Crippen LogP contribution in [0.4, 0.5) is 0 Å². The Morgan fingerprint density at radius 3 is 2.65 bits per heavy atom. The molecule has 0 aliphatic carbocycles. The van der Waals surface area contributed by atoms with E-state index in [4.69, 9.17) is 4.74 Å². The van der Waals surface area contributed by atoms with E-state index in [1.807, 2.05) is 17.4 Å². The summed E-state index contributed by atoms with van der Waals surface area (Å²) >= 11 is 1.90. The van der Waals surface area contributed by atoms with E-state index in [2.05, 4.69) is 50.4 Å². The molecule has 0 aliphatic rings. The maximum Gasteiger partial charge on any atom is 0.119 e. The molecule has 0 spiro atoms. The molecule has 20 heavy (non-hydrogen) atoms. The third-order valence-electron chi connectivity index (χ3n) is 3.55. The van der Waals surface area contributed by atoms with Crippen molar-refractivity contribution in [2.75, 3.05) is 13.7 Å². The maximum absolute atomic E-state index is 5.31. The average Bonchev–Trinajstić information content (AvgIpc) is 2.78. The van der Waals surface area contributed by atoms with Crippen molar-refractivity contribution >= 4 is 11.3 Å². The van der Waals surface area contributed by atoms with Crippen molar-refractivity contribution in [1.29, 1.82) is 0 Å². The lowest BCUT2D eigenvalue weighted by Gasteiger charge is -2.17. The average molecular weight is 289 g/mol. The predicted molar refractivity (Wildman–Crippen MR) is 86.9 cm³/mol. The molecule has 0 aliphatic heterocycles. The van der Waals surface area contributed by atoms with E-state index < -0.39 is 0 Å². The van der Waals surface area contributed by atoms with Gasteiger partial charge in [0.15, 0.2) is 0 Å². The van der Waals surface area contributed by atoms with Gasteiger partial charge in [-0.05, 0) is 56.1 Å². The first-order valence-corrected chi connectivity index (χ1v) is 7.89. The Bertz CT molecular complexity index is 542. The first-order valence-electron chi connectivity index (χ1n) is 7.07. The van der Waals surface area contributed by atoms with Crippen molar-refractivity contribution in [2.24, 2.45) is 0 Å². The van der Waals surface area contributed by atoms with Crippen LogP contribution in [0.25, 0.3) is 0 Å². The number of methoxy groups -OCH3 is 1. The van der Waals surface area contributed by atoms with Gasteiger partial charge in [-0.25, -0.2) is 0 Å². The number of hydrogen-bond acceptors (Lipinski definition) is 3. The summed E-state index contributed by atoms with van der Waals surface area (Å²) in [6.07, 6.45) is 0.991. The topological polar surface area (TPSA) is 21.3 Å². The Balaban J connectivity index is 2.20. The monoisotopic (exact) mass is 289 g/mol. The minimum Gasteiger partial charge on any atom is -0.497 e. The fraction of sp³-hybridized carbons (Fsp3) is 0.412. The lowest BCUT2D eigenvalue weighted by Crippen LogP contribution is -2.22. The standard InChI is InChI=1S/C17H23NOS/c1-5-18-16(17-9-12(2)13(3)20-17)11-14-7-6-8-15(10-14)19-4/h6-10,16,18H,5,11H2,1-4H3. The minimum absolute atomic E-state index is 0.379. The van der Waals surface area contributed by atoms with E-state index in [1.54, 1.807) is 7.11 Å². The molecule has 2 aromatic rings.